The molecule has 1 saturated heterocycles. The first-order valence-corrected chi connectivity index (χ1v) is 12.1. The summed E-state index contributed by atoms with van der Waals surface area (Å²) in [5, 5.41) is 19.8. The van der Waals surface area contributed by atoms with Crippen molar-refractivity contribution >= 4 is 26.9 Å². The van der Waals surface area contributed by atoms with Crippen LogP contribution in [-0.2, 0) is 21.4 Å². The van der Waals surface area contributed by atoms with E-state index in [1.807, 2.05) is 37.3 Å². The topological polar surface area (TPSA) is 164 Å². The third kappa shape index (κ3) is 6.07. The Hall–Kier alpha value is -3.09. The first kappa shape index (κ1) is 25.5. The number of benzene rings is 2. The lowest BCUT2D eigenvalue weighted by Gasteiger charge is -2.29. The lowest BCUT2D eigenvalue weighted by Crippen LogP contribution is -2.52. The number of carboxylic acid groups (broad SMARTS) is 1. The molecule has 1 fully saturated rings. The summed E-state index contributed by atoms with van der Waals surface area (Å²) in [6, 6.07) is 15.3. The monoisotopic (exact) mass is 488 g/mol. The zero-order valence-electron chi connectivity index (χ0n) is 18.6. The number of hydrogen-bond donors (Lipinski definition) is 5. The van der Waals surface area contributed by atoms with E-state index in [0.717, 1.165) is 22.2 Å². The number of aryl methyl sites for hydroxylation is 1. The van der Waals surface area contributed by atoms with Crippen molar-refractivity contribution in [1.82, 2.24) is 15.0 Å². The van der Waals surface area contributed by atoms with Crippen molar-refractivity contribution in [3.63, 3.8) is 0 Å². The minimum Gasteiger partial charge on any atom is -0.489 e. The highest BCUT2D eigenvalue weighted by Gasteiger charge is 2.34. The fourth-order valence-electron chi connectivity index (χ4n) is 3.92. The van der Waals surface area contributed by atoms with Crippen LogP contribution in [0.5, 0.6) is 5.75 Å². The zero-order valence-corrected chi connectivity index (χ0v) is 19.5. The van der Waals surface area contributed by atoms with Crippen LogP contribution in [0.4, 0.5) is 0 Å². The van der Waals surface area contributed by atoms with Crippen LogP contribution >= 0.6 is 0 Å². The Morgan fingerprint density at radius 1 is 1.21 bits per heavy atom. The molecule has 2 heterocycles. The second-order valence-electron chi connectivity index (χ2n) is 7.87. The van der Waals surface area contributed by atoms with Crippen molar-refractivity contribution in [3.05, 3.63) is 65.9 Å². The van der Waals surface area contributed by atoms with E-state index >= 15 is 0 Å². The molecule has 2 unspecified atom stereocenters. The number of rotatable bonds is 7. The molecule has 0 aliphatic carbocycles. The molecular formula is C23H28N4O6S. The molecule has 34 heavy (non-hydrogen) atoms. The van der Waals surface area contributed by atoms with Crippen LogP contribution < -0.4 is 20.7 Å². The standard InChI is InChI=1S/C23H25N3O5S.H3NO/c1-15-12-16(19-4-2-3-5-21(19)25-15)14-31-17-6-8-18(9-7-17)32(29,30)26-22-10-11-24-13-20(22)23(27)28;1-2/h2-9,12,20,22,24,26H,10-11,13-14H2,1H3,(H,27,28);2H,1H2. The summed E-state index contributed by atoms with van der Waals surface area (Å²) in [5.41, 5.74) is 2.79. The number of carbonyl (C=O) groups is 1. The van der Waals surface area contributed by atoms with Crippen molar-refractivity contribution in [3.8, 4) is 5.75 Å². The highest BCUT2D eigenvalue weighted by atomic mass is 32.2. The first-order chi connectivity index (χ1) is 16.3. The molecular weight excluding hydrogens is 460 g/mol. The number of pyridine rings is 1. The SMILES string of the molecule is Cc1cc(COc2ccc(S(=O)(=O)NC3CCNCC3C(=O)O)cc2)c2ccccc2n1.NO. The number of hydrogen-bond acceptors (Lipinski definition) is 8. The van der Waals surface area contributed by atoms with Gasteiger partial charge in [-0.25, -0.2) is 19.0 Å². The smallest absolute Gasteiger partial charge is 0.309 e. The van der Waals surface area contributed by atoms with Gasteiger partial charge in [-0.3, -0.25) is 9.78 Å². The van der Waals surface area contributed by atoms with Gasteiger partial charge in [0.25, 0.3) is 0 Å². The highest BCUT2D eigenvalue weighted by Crippen LogP contribution is 2.22. The number of ether oxygens (including phenoxy) is 1. The van der Waals surface area contributed by atoms with E-state index in [2.05, 4.69) is 20.9 Å². The summed E-state index contributed by atoms with van der Waals surface area (Å²) < 4.78 is 34.0. The van der Waals surface area contributed by atoms with Crippen molar-refractivity contribution in [2.24, 2.45) is 11.8 Å². The molecule has 2 atom stereocenters. The van der Waals surface area contributed by atoms with Crippen LogP contribution in [0.15, 0.2) is 59.5 Å². The first-order valence-electron chi connectivity index (χ1n) is 10.6. The molecule has 2 aromatic carbocycles. The van der Waals surface area contributed by atoms with Gasteiger partial charge >= 0.3 is 5.97 Å². The normalized spacial score (nSPS) is 18.1. The number of fused-ring (bicyclic) bond motifs is 1. The maximum Gasteiger partial charge on any atom is 0.309 e. The Balaban J connectivity index is 0.00000158. The molecule has 0 bridgehead atoms. The van der Waals surface area contributed by atoms with Crippen LogP contribution in [0, 0.1) is 12.8 Å². The van der Waals surface area contributed by atoms with Crippen LogP contribution in [-0.4, -0.2) is 48.8 Å². The number of carboxylic acids is 1. The van der Waals surface area contributed by atoms with Crippen LogP contribution in [0.3, 0.4) is 0 Å². The second kappa shape index (κ2) is 11.4. The number of nitrogens with two attached hydrogens (primary N) is 1. The van der Waals surface area contributed by atoms with E-state index in [0.29, 0.717) is 25.3 Å². The van der Waals surface area contributed by atoms with E-state index in [9.17, 15) is 18.3 Å². The zero-order chi connectivity index (χ0) is 24.7. The summed E-state index contributed by atoms with van der Waals surface area (Å²) in [4.78, 5) is 16.0. The van der Waals surface area contributed by atoms with Gasteiger partial charge in [-0.15, -0.1) is 0 Å². The molecule has 3 aromatic rings. The van der Waals surface area contributed by atoms with Gasteiger partial charge in [-0.2, -0.15) is 0 Å². The molecule has 4 rings (SSSR count). The van der Waals surface area contributed by atoms with E-state index in [4.69, 9.17) is 9.94 Å². The van der Waals surface area contributed by atoms with Crippen molar-refractivity contribution in [2.45, 2.75) is 30.9 Å². The summed E-state index contributed by atoms with van der Waals surface area (Å²) in [7, 11) is -3.85. The van der Waals surface area contributed by atoms with Crippen molar-refractivity contribution in [2.75, 3.05) is 13.1 Å². The van der Waals surface area contributed by atoms with E-state index in [1.54, 1.807) is 12.1 Å². The largest absolute Gasteiger partial charge is 0.489 e. The maximum absolute atomic E-state index is 12.8. The Bertz CT molecular complexity index is 1230. The van der Waals surface area contributed by atoms with Gasteiger partial charge in [0.15, 0.2) is 0 Å². The molecule has 182 valence electrons. The van der Waals surface area contributed by atoms with E-state index in [-0.39, 0.29) is 11.4 Å². The van der Waals surface area contributed by atoms with Gasteiger partial charge in [0.2, 0.25) is 10.0 Å². The molecule has 0 amide bonds. The van der Waals surface area contributed by atoms with Gasteiger partial charge in [0.05, 0.1) is 16.3 Å². The third-order valence-corrected chi connectivity index (χ3v) is 7.07. The van der Waals surface area contributed by atoms with Gasteiger partial charge in [0.1, 0.15) is 12.4 Å². The van der Waals surface area contributed by atoms with Crippen LogP contribution in [0.2, 0.25) is 0 Å². The maximum atomic E-state index is 12.8. The summed E-state index contributed by atoms with van der Waals surface area (Å²) in [5.74, 6) is 2.21. The minimum absolute atomic E-state index is 0.0673. The molecule has 0 saturated carbocycles. The second-order valence-corrected chi connectivity index (χ2v) is 9.58. The van der Waals surface area contributed by atoms with E-state index in [1.165, 1.54) is 12.1 Å². The minimum atomic E-state index is -3.85. The fraction of sp³-hybridized carbons (Fsp3) is 0.304. The van der Waals surface area contributed by atoms with Crippen LogP contribution in [0.25, 0.3) is 10.9 Å². The lowest BCUT2D eigenvalue weighted by atomic mass is 9.94. The molecule has 0 radical (unpaired) electrons. The predicted octanol–water partition coefficient (Wildman–Crippen LogP) is 1.80. The van der Waals surface area contributed by atoms with Crippen molar-refractivity contribution < 1.29 is 28.3 Å². The molecule has 1 aliphatic heterocycles. The molecule has 10 nitrogen and oxygen atoms in total. The number of nitrogens with zero attached hydrogens (tertiary/aromatic N) is 1. The number of piperidine rings is 1. The van der Waals surface area contributed by atoms with Gasteiger partial charge < -0.3 is 20.4 Å². The number of aromatic nitrogens is 1. The van der Waals surface area contributed by atoms with E-state index < -0.39 is 28.0 Å². The summed E-state index contributed by atoms with van der Waals surface area (Å²) in [6.45, 7) is 3.05. The fourth-order valence-corrected chi connectivity index (χ4v) is 5.23. The molecule has 1 aliphatic rings. The lowest BCUT2D eigenvalue weighted by molar-refractivity contribution is -0.142. The average Bonchev–Trinajstić information content (AvgIpc) is 2.84. The van der Waals surface area contributed by atoms with Crippen LogP contribution in [0.1, 0.15) is 17.7 Å². The summed E-state index contributed by atoms with van der Waals surface area (Å²) in [6.07, 6.45) is 0.413. The highest BCUT2D eigenvalue weighted by molar-refractivity contribution is 7.89. The van der Waals surface area contributed by atoms with Gasteiger partial charge in [-0.1, -0.05) is 18.2 Å². The third-order valence-electron chi connectivity index (χ3n) is 5.56. The van der Waals surface area contributed by atoms with Crippen molar-refractivity contribution in [1.29, 1.82) is 0 Å². The Labute approximate surface area is 197 Å². The number of sulfonamides is 1. The average molecular weight is 489 g/mol. The van der Waals surface area contributed by atoms with Gasteiger partial charge in [0, 0.05) is 29.2 Å². The molecule has 11 heteroatoms. The Morgan fingerprint density at radius 2 is 1.91 bits per heavy atom. The quantitative estimate of drug-likeness (QED) is 0.312. The number of para-hydroxylation sites is 1. The molecule has 0 spiro atoms. The van der Waals surface area contributed by atoms with Gasteiger partial charge in [-0.05, 0) is 56.3 Å². The Kier molecular flexibility index (Phi) is 8.53. The number of nitrogens with one attached hydrogen (secondary N) is 2. The number of aliphatic carboxylic acids is 1. The summed E-state index contributed by atoms with van der Waals surface area (Å²) >= 11 is 0. The molecule has 1 aromatic heterocycles. The molecule has 6 N–H and O–H groups in total. The predicted molar refractivity (Wildman–Crippen MR) is 126 cm³/mol. The Morgan fingerprint density at radius 3 is 2.62 bits per heavy atom.